The molecule has 3 rings (SSSR count). The number of hydrogen-bond donors (Lipinski definition) is 1. The fourth-order valence-electron chi connectivity index (χ4n) is 4.10. The van der Waals surface area contributed by atoms with Crippen LogP contribution in [0.4, 0.5) is 0 Å². The first kappa shape index (κ1) is 15.7. The second-order valence-electron chi connectivity index (χ2n) is 7.10. The highest BCUT2D eigenvalue weighted by atomic mass is 32.2. The molecule has 3 fully saturated rings. The number of β-amino-alcohol motifs (C(OH)–C–C–N with tert-alkyl or cyclic N) is 1. The van der Waals surface area contributed by atoms with Crippen molar-refractivity contribution in [2.24, 2.45) is 0 Å². The van der Waals surface area contributed by atoms with E-state index in [-0.39, 0.29) is 5.25 Å². The lowest BCUT2D eigenvalue weighted by atomic mass is 10.0. The molecule has 0 amide bonds. The first-order chi connectivity index (χ1) is 10.00. The van der Waals surface area contributed by atoms with Crippen LogP contribution >= 0.6 is 0 Å². The van der Waals surface area contributed by atoms with Crippen molar-refractivity contribution in [2.45, 2.75) is 62.2 Å². The van der Waals surface area contributed by atoms with Crippen molar-refractivity contribution in [3.8, 4) is 0 Å². The third-order valence-corrected chi connectivity index (χ3v) is 7.69. The zero-order chi connectivity index (χ0) is 14.9. The molecule has 0 spiro atoms. The van der Waals surface area contributed by atoms with Gasteiger partial charge in [0.25, 0.3) is 0 Å². The van der Waals surface area contributed by atoms with E-state index in [4.69, 9.17) is 0 Å². The van der Waals surface area contributed by atoms with Gasteiger partial charge in [-0.25, -0.2) is 8.42 Å². The van der Waals surface area contributed by atoms with E-state index < -0.39 is 15.6 Å². The largest absolute Gasteiger partial charge is 0.387 e. The topological polar surface area (TPSA) is 60.9 Å². The highest BCUT2D eigenvalue weighted by Gasteiger charge is 2.44. The van der Waals surface area contributed by atoms with Gasteiger partial charge in [0.2, 0.25) is 10.0 Å². The quantitative estimate of drug-likeness (QED) is 0.846. The summed E-state index contributed by atoms with van der Waals surface area (Å²) in [6.45, 7) is 3.49. The molecule has 0 unspecified atom stereocenters. The Labute approximate surface area is 128 Å². The monoisotopic (exact) mass is 316 g/mol. The molecule has 1 atom stereocenters. The Kier molecular flexibility index (Phi) is 4.60. The van der Waals surface area contributed by atoms with E-state index in [0.717, 1.165) is 45.2 Å². The van der Waals surface area contributed by atoms with Crippen LogP contribution in [0.5, 0.6) is 0 Å². The maximum Gasteiger partial charge on any atom is 0.217 e. The summed E-state index contributed by atoms with van der Waals surface area (Å²) < 4.78 is 27.0. The lowest BCUT2D eigenvalue weighted by Gasteiger charge is -2.30. The number of likely N-dealkylation sites (tertiary alicyclic amines) is 1. The molecule has 2 heterocycles. The van der Waals surface area contributed by atoms with Gasteiger partial charge in [0.1, 0.15) is 0 Å². The van der Waals surface area contributed by atoms with Crippen LogP contribution in [0.15, 0.2) is 0 Å². The van der Waals surface area contributed by atoms with Crippen LogP contribution in [0.2, 0.25) is 0 Å². The SMILES string of the molecule is O=S(=O)(C1CCCCC1)N1CC[C@@](O)(CN2CCCC2)C1. The predicted octanol–water partition coefficient (Wildman–Crippen LogP) is 1.18. The summed E-state index contributed by atoms with van der Waals surface area (Å²) in [7, 11) is -3.21. The van der Waals surface area contributed by atoms with E-state index in [1.807, 2.05) is 0 Å². The molecule has 0 aromatic rings. The van der Waals surface area contributed by atoms with Crippen LogP contribution in [-0.2, 0) is 10.0 Å². The fourth-order valence-corrected chi connectivity index (χ4v) is 6.21. The van der Waals surface area contributed by atoms with Gasteiger partial charge in [0.05, 0.1) is 10.9 Å². The van der Waals surface area contributed by atoms with Gasteiger partial charge in [-0.1, -0.05) is 19.3 Å². The van der Waals surface area contributed by atoms with Gasteiger partial charge in [0.15, 0.2) is 0 Å². The minimum Gasteiger partial charge on any atom is -0.387 e. The summed E-state index contributed by atoms with van der Waals surface area (Å²) in [5, 5.41) is 10.5. The summed E-state index contributed by atoms with van der Waals surface area (Å²) >= 11 is 0. The Hall–Kier alpha value is -0.170. The van der Waals surface area contributed by atoms with Crippen LogP contribution in [0.3, 0.4) is 0 Å². The summed E-state index contributed by atoms with van der Waals surface area (Å²) in [4.78, 5) is 2.27. The smallest absolute Gasteiger partial charge is 0.217 e. The minimum absolute atomic E-state index is 0.208. The molecular weight excluding hydrogens is 288 g/mol. The standard InChI is InChI=1S/C15H28N2O3S/c18-15(12-16-9-4-5-10-16)8-11-17(13-15)21(19,20)14-6-2-1-3-7-14/h14,18H,1-13H2/t15-/m1/s1. The molecule has 5 nitrogen and oxygen atoms in total. The molecule has 2 aliphatic heterocycles. The number of aliphatic hydroxyl groups is 1. The molecule has 1 aliphatic carbocycles. The van der Waals surface area contributed by atoms with Crippen LogP contribution in [0, 0.1) is 0 Å². The predicted molar refractivity (Wildman–Crippen MR) is 82.6 cm³/mol. The van der Waals surface area contributed by atoms with E-state index in [0.29, 0.717) is 26.1 Å². The second-order valence-corrected chi connectivity index (χ2v) is 9.31. The van der Waals surface area contributed by atoms with Crippen LogP contribution in [0.1, 0.15) is 51.4 Å². The van der Waals surface area contributed by atoms with Gasteiger partial charge >= 0.3 is 0 Å². The van der Waals surface area contributed by atoms with Crippen molar-refractivity contribution >= 4 is 10.0 Å². The maximum absolute atomic E-state index is 12.7. The third-order valence-electron chi connectivity index (χ3n) is 5.35. The van der Waals surface area contributed by atoms with Gasteiger partial charge in [-0.3, -0.25) is 0 Å². The molecule has 0 aromatic carbocycles. The van der Waals surface area contributed by atoms with E-state index in [1.165, 1.54) is 12.8 Å². The molecule has 3 aliphatic rings. The first-order valence-electron chi connectivity index (χ1n) is 8.43. The summed E-state index contributed by atoms with van der Waals surface area (Å²) in [5.74, 6) is 0. The molecule has 21 heavy (non-hydrogen) atoms. The van der Waals surface area contributed by atoms with Crippen molar-refractivity contribution in [1.82, 2.24) is 9.21 Å². The number of sulfonamides is 1. The van der Waals surface area contributed by atoms with Gasteiger partial charge in [-0.05, 0) is 45.2 Å². The Morgan fingerprint density at radius 3 is 2.33 bits per heavy atom. The molecule has 0 aromatic heterocycles. The van der Waals surface area contributed by atoms with Crippen molar-refractivity contribution in [3.05, 3.63) is 0 Å². The van der Waals surface area contributed by atoms with Gasteiger partial charge in [-0.2, -0.15) is 4.31 Å². The molecule has 2 saturated heterocycles. The van der Waals surface area contributed by atoms with Crippen LogP contribution < -0.4 is 0 Å². The molecule has 1 N–H and O–H groups in total. The lowest BCUT2D eigenvalue weighted by Crippen LogP contribution is -2.46. The van der Waals surface area contributed by atoms with Crippen molar-refractivity contribution in [2.75, 3.05) is 32.7 Å². The summed E-state index contributed by atoms with van der Waals surface area (Å²) in [6.07, 6.45) is 7.76. The highest BCUT2D eigenvalue weighted by molar-refractivity contribution is 7.89. The number of hydrogen-bond acceptors (Lipinski definition) is 4. The Morgan fingerprint density at radius 1 is 1.00 bits per heavy atom. The highest BCUT2D eigenvalue weighted by Crippen LogP contribution is 2.31. The zero-order valence-corrected chi connectivity index (χ0v) is 13.7. The van der Waals surface area contributed by atoms with Crippen LogP contribution in [-0.4, -0.2) is 66.3 Å². The van der Waals surface area contributed by atoms with E-state index in [2.05, 4.69) is 4.90 Å². The average Bonchev–Trinajstić information content (AvgIpc) is 3.10. The lowest BCUT2D eigenvalue weighted by molar-refractivity contribution is 0.0232. The third kappa shape index (κ3) is 3.44. The summed E-state index contributed by atoms with van der Waals surface area (Å²) in [6, 6.07) is 0. The Morgan fingerprint density at radius 2 is 1.67 bits per heavy atom. The molecule has 6 heteroatoms. The van der Waals surface area contributed by atoms with Crippen molar-refractivity contribution in [1.29, 1.82) is 0 Å². The van der Waals surface area contributed by atoms with Gasteiger partial charge < -0.3 is 10.0 Å². The van der Waals surface area contributed by atoms with Crippen LogP contribution in [0.25, 0.3) is 0 Å². The number of nitrogens with zero attached hydrogens (tertiary/aromatic N) is 2. The van der Waals surface area contributed by atoms with E-state index >= 15 is 0 Å². The Balaban J connectivity index is 1.62. The minimum atomic E-state index is -3.21. The second kappa shape index (κ2) is 6.14. The van der Waals surface area contributed by atoms with Gasteiger partial charge in [-0.15, -0.1) is 0 Å². The summed E-state index contributed by atoms with van der Waals surface area (Å²) in [5.41, 5.74) is -0.841. The Bertz CT molecular complexity index is 456. The van der Waals surface area contributed by atoms with Crippen molar-refractivity contribution in [3.63, 3.8) is 0 Å². The number of rotatable bonds is 4. The molecule has 0 radical (unpaired) electrons. The first-order valence-corrected chi connectivity index (χ1v) is 9.94. The molecule has 1 saturated carbocycles. The molecular formula is C15H28N2O3S. The van der Waals surface area contributed by atoms with Gasteiger partial charge in [0, 0.05) is 19.6 Å². The normalized spacial score (nSPS) is 33.8. The average molecular weight is 316 g/mol. The molecule has 122 valence electrons. The van der Waals surface area contributed by atoms with E-state index in [1.54, 1.807) is 4.31 Å². The fraction of sp³-hybridized carbons (Fsp3) is 1.00. The molecule has 0 bridgehead atoms. The maximum atomic E-state index is 12.7. The van der Waals surface area contributed by atoms with E-state index in [9.17, 15) is 13.5 Å². The van der Waals surface area contributed by atoms with Crippen molar-refractivity contribution < 1.29 is 13.5 Å². The zero-order valence-electron chi connectivity index (χ0n) is 12.8.